The molecule has 1 aromatic rings. The first-order chi connectivity index (χ1) is 10.5. The van der Waals surface area contributed by atoms with Crippen LogP contribution in [-0.4, -0.2) is 46.8 Å². The van der Waals surface area contributed by atoms with Gasteiger partial charge in [0.1, 0.15) is 12.2 Å². The van der Waals surface area contributed by atoms with E-state index in [1.807, 2.05) is 0 Å². The molecule has 22 heavy (non-hydrogen) atoms. The molecule has 0 radical (unpaired) electrons. The lowest BCUT2D eigenvalue weighted by molar-refractivity contribution is -0.122. The fraction of sp³-hybridized carbons (Fsp3) is 0.733. The van der Waals surface area contributed by atoms with Crippen molar-refractivity contribution in [1.29, 1.82) is 0 Å². The maximum atomic E-state index is 13.0. The molecule has 1 N–H and O–H groups in total. The van der Waals surface area contributed by atoms with Crippen LogP contribution in [0.15, 0.2) is 6.07 Å². The zero-order valence-electron chi connectivity index (χ0n) is 13.2. The molecule has 0 bridgehead atoms. The van der Waals surface area contributed by atoms with E-state index in [0.29, 0.717) is 18.2 Å². The molecule has 0 spiro atoms. The van der Waals surface area contributed by atoms with Gasteiger partial charge in [-0.1, -0.05) is 13.8 Å². The number of aromatic nitrogens is 2. The second kappa shape index (κ2) is 7.67. The number of halogens is 2. The highest BCUT2D eigenvalue weighted by atomic mass is 19.3. The minimum absolute atomic E-state index is 0.148. The van der Waals surface area contributed by atoms with Gasteiger partial charge in [-0.3, -0.25) is 9.48 Å². The standard InChI is InChI=1S/C15H24F2N4O/c1-3-20(4-2)8-7-18-14(22)10-21-13(15(16)17)9-12(19-21)11-5-6-11/h9,11,15H,3-8,10H2,1-2H3,(H,18,22). The van der Waals surface area contributed by atoms with Gasteiger partial charge in [-0.05, 0) is 32.0 Å². The smallest absolute Gasteiger partial charge is 0.280 e. The van der Waals surface area contributed by atoms with E-state index >= 15 is 0 Å². The molecule has 0 aromatic carbocycles. The SMILES string of the molecule is CCN(CC)CCNC(=O)Cn1nc(C2CC2)cc1C(F)F. The number of nitrogens with one attached hydrogen (secondary N) is 1. The van der Waals surface area contributed by atoms with Crippen molar-refractivity contribution in [1.82, 2.24) is 20.0 Å². The number of rotatable bonds is 9. The Morgan fingerprint density at radius 2 is 2.14 bits per heavy atom. The van der Waals surface area contributed by atoms with E-state index in [1.54, 1.807) is 0 Å². The highest BCUT2D eigenvalue weighted by molar-refractivity contribution is 5.75. The van der Waals surface area contributed by atoms with Crippen molar-refractivity contribution in [3.63, 3.8) is 0 Å². The number of hydrogen-bond acceptors (Lipinski definition) is 3. The Hall–Kier alpha value is -1.50. The van der Waals surface area contributed by atoms with Gasteiger partial charge in [0.05, 0.1) is 5.69 Å². The van der Waals surface area contributed by atoms with Crippen LogP contribution in [-0.2, 0) is 11.3 Å². The van der Waals surface area contributed by atoms with Crippen molar-refractivity contribution >= 4 is 5.91 Å². The molecule has 1 amide bonds. The van der Waals surface area contributed by atoms with E-state index in [1.165, 1.54) is 6.07 Å². The Balaban J connectivity index is 1.87. The van der Waals surface area contributed by atoms with Crippen molar-refractivity contribution in [3.8, 4) is 0 Å². The minimum atomic E-state index is -2.61. The van der Waals surface area contributed by atoms with E-state index in [9.17, 15) is 13.6 Å². The largest absolute Gasteiger partial charge is 0.353 e. The zero-order chi connectivity index (χ0) is 16.1. The van der Waals surface area contributed by atoms with E-state index in [0.717, 1.165) is 37.2 Å². The summed E-state index contributed by atoms with van der Waals surface area (Å²) in [6, 6.07) is 1.44. The predicted octanol–water partition coefficient (Wildman–Crippen LogP) is 2.16. The van der Waals surface area contributed by atoms with Crippen molar-refractivity contribution in [2.75, 3.05) is 26.2 Å². The molecule has 124 valence electrons. The molecule has 1 saturated carbocycles. The highest BCUT2D eigenvalue weighted by Crippen LogP contribution is 2.40. The molecule has 1 aromatic heterocycles. The van der Waals surface area contributed by atoms with Crippen LogP contribution < -0.4 is 5.32 Å². The van der Waals surface area contributed by atoms with Gasteiger partial charge in [0.2, 0.25) is 5.91 Å². The van der Waals surface area contributed by atoms with Crippen molar-refractivity contribution < 1.29 is 13.6 Å². The zero-order valence-corrected chi connectivity index (χ0v) is 13.2. The number of carbonyl (C=O) groups excluding carboxylic acids is 1. The first kappa shape index (κ1) is 16.9. The fourth-order valence-electron chi connectivity index (χ4n) is 2.42. The van der Waals surface area contributed by atoms with Gasteiger partial charge in [0.25, 0.3) is 6.43 Å². The van der Waals surface area contributed by atoms with Crippen LogP contribution in [0.3, 0.4) is 0 Å². The third-order valence-corrected chi connectivity index (χ3v) is 3.99. The predicted molar refractivity (Wildman–Crippen MR) is 80.0 cm³/mol. The van der Waals surface area contributed by atoms with Gasteiger partial charge in [0, 0.05) is 19.0 Å². The molecule has 0 aliphatic heterocycles. The monoisotopic (exact) mass is 314 g/mol. The lowest BCUT2D eigenvalue weighted by atomic mass is 10.3. The topological polar surface area (TPSA) is 50.2 Å². The molecule has 0 atom stereocenters. The molecule has 0 unspecified atom stereocenters. The molecule has 7 heteroatoms. The Labute approximate surface area is 129 Å². The van der Waals surface area contributed by atoms with Crippen molar-refractivity contribution in [3.05, 3.63) is 17.5 Å². The Morgan fingerprint density at radius 3 is 2.68 bits per heavy atom. The van der Waals surface area contributed by atoms with Crippen LogP contribution in [0.2, 0.25) is 0 Å². The second-order valence-corrected chi connectivity index (χ2v) is 5.60. The second-order valence-electron chi connectivity index (χ2n) is 5.60. The van der Waals surface area contributed by atoms with E-state index in [-0.39, 0.29) is 18.1 Å². The van der Waals surface area contributed by atoms with Crippen LogP contribution in [0.1, 0.15) is 50.4 Å². The number of carbonyl (C=O) groups is 1. The van der Waals surface area contributed by atoms with Crippen LogP contribution in [0.25, 0.3) is 0 Å². The Bertz CT molecular complexity index is 496. The fourth-order valence-corrected chi connectivity index (χ4v) is 2.42. The summed E-state index contributed by atoms with van der Waals surface area (Å²) in [6.45, 7) is 7.09. The molecule has 0 saturated heterocycles. The van der Waals surface area contributed by atoms with Crippen LogP contribution >= 0.6 is 0 Å². The molecule has 1 aliphatic carbocycles. The van der Waals surface area contributed by atoms with E-state index in [4.69, 9.17) is 0 Å². The minimum Gasteiger partial charge on any atom is -0.353 e. The molecule has 5 nitrogen and oxygen atoms in total. The first-order valence-corrected chi connectivity index (χ1v) is 7.90. The van der Waals surface area contributed by atoms with E-state index in [2.05, 4.69) is 29.2 Å². The Kier molecular flexibility index (Phi) is 5.88. The summed E-state index contributed by atoms with van der Waals surface area (Å²) < 4.78 is 27.2. The lowest BCUT2D eigenvalue weighted by Crippen LogP contribution is -2.36. The number of likely N-dealkylation sites (N-methyl/N-ethyl adjacent to an activating group) is 1. The van der Waals surface area contributed by atoms with Gasteiger partial charge >= 0.3 is 0 Å². The third kappa shape index (κ3) is 4.50. The molecule has 1 aliphatic rings. The number of amides is 1. The van der Waals surface area contributed by atoms with Gasteiger partial charge < -0.3 is 10.2 Å². The summed E-state index contributed by atoms with van der Waals surface area (Å²) in [4.78, 5) is 14.1. The van der Waals surface area contributed by atoms with Crippen LogP contribution in [0.5, 0.6) is 0 Å². The first-order valence-electron chi connectivity index (χ1n) is 7.90. The summed E-state index contributed by atoms with van der Waals surface area (Å²) in [5.41, 5.74) is 0.520. The molecular formula is C15H24F2N4O. The average Bonchev–Trinajstić information content (AvgIpc) is 3.25. The maximum Gasteiger partial charge on any atom is 0.280 e. The van der Waals surface area contributed by atoms with Crippen LogP contribution in [0.4, 0.5) is 8.78 Å². The van der Waals surface area contributed by atoms with Crippen molar-refractivity contribution in [2.45, 2.75) is 45.6 Å². The number of nitrogens with zero attached hydrogens (tertiary/aromatic N) is 3. The van der Waals surface area contributed by atoms with Gasteiger partial charge in [-0.25, -0.2) is 8.78 Å². The highest BCUT2D eigenvalue weighted by Gasteiger charge is 2.29. The summed E-state index contributed by atoms with van der Waals surface area (Å²) >= 11 is 0. The summed E-state index contributed by atoms with van der Waals surface area (Å²) in [6.07, 6.45) is -0.616. The molecule has 1 fully saturated rings. The van der Waals surface area contributed by atoms with Crippen molar-refractivity contribution in [2.24, 2.45) is 0 Å². The van der Waals surface area contributed by atoms with Crippen LogP contribution in [0, 0.1) is 0 Å². The quantitative estimate of drug-likeness (QED) is 0.760. The molecule has 1 heterocycles. The van der Waals surface area contributed by atoms with Gasteiger partial charge in [0.15, 0.2) is 0 Å². The Morgan fingerprint density at radius 1 is 1.45 bits per heavy atom. The summed E-state index contributed by atoms with van der Waals surface area (Å²) in [7, 11) is 0. The number of alkyl halides is 2. The normalized spacial score (nSPS) is 14.8. The third-order valence-electron chi connectivity index (χ3n) is 3.99. The summed E-state index contributed by atoms with van der Waals surface area (Å²) in [5.74, 6) is 0.0176. The van der Waals surface area contributed by atoms with Gasteiger partial charge in [-0.2, -0.15) is 5.10 Å². The molecule has 2 rings (SSSR count). The number of hydrogen-bond donors (Lipinski definition) is 1. The van der Waals surface area contributed by atoms with Gasteiger partial charge in [-0.15, -0.1) is 0 Å². The molecular weight excluding hydrogens is 290 g/mol. The average molecular weight is 314 g/mol. The van der Waals surface area contributed by atoms with E-state index < -0.39 is 6.43 Å². The summed E-state index contributed by atoms with van der Waals surface area (Å²) in [5, 5.41) is 6.94. The maximum absolute atomic E-state index is 13.0. The lowest BCUT2D eigenvalue weighted by Gasteiger charge is -2.18.